The van der Waals surface area contributed by atoms with Crippen LogP contribution in [0.2, 0.25) is 0 Å². The summed E-state index contributed by atoms with van der Waals surface area (Å²) in [5, 5.41) is 6.31. The summed E-state index contributed by atoms with van der Waals surface area (Å²) >= 11 is 6.95. The van der Waals surface area contributed by atoms with E-state index in [9.17, 15) is 0 Å². The van der Waals surface area contributed by atoms with Gasteiger partial charge < -0.3 is 4.52 Å². The highest BCUT2D eigenvalue weighted by molar-refractivity contribution is 7.12. The number of thiazole rings is 1. The van der Waals surface area contributed by atoms with Gasteiger partial charge in [-0.3, -0.25) is 0 Å². The van der Waals surface area contributed by atoms with Gasteiger partial charge in [0.25, 0.3) is 0 Å². The first-order valence-corrected chi connectivity index (χ1v) is 4.60. The normalized spacial score (nSPS) is 10.4. The molecule has 2 aromatic rings. The van der Waals surface area contributed by atoms with E-state index in [1.807, 2.05) is 5.38 Å². The molecule has 4 nitrogen and oxygen atoms in total. The summed E-state index contributed by atoms with van der Waals surface area (Å²) in [7, 11) is 0. The van der Waals surface area contributed by atoms with E-state index in [1.165, 1.54) is 11.3 Å². The molecule has 0 aromatic carbocycles. The van der Waals surface area contributed by atoms with Gasteiger partial charge in [-0.05, 0) is 0 Å². The van der Waals surface area contributed by atoms with Crippen LogP contribution in [-0.4, -0.2) is 15.1 Å². The van der Waals surface area contributed by atoms with Gasteiger partial charge >= 0.3 is 0 Å². The summed E-state index contributed by atoms with van der Waals surface area (Å²) < 4.78 is 4.81. The summed E-state index contributed by atoms with van der Waals surface area (Å²) in [5.41, 5.74) is 0. The van der Waals surface area contributed by atoms with Crippen molar-refractivity contribution < 1.29 is 4.52 Å². The second kappa shape index (κ2) is 3.20. The minimum absolute atomic E-state index is 0.234. The first-order chi connectivity index (χ1) is 5.90. The molecule has 0 atom stereocenters. The fourth-order valence-corrected chi connectivity index (χ4v) is 1.40. The monoisotopic (exact) mass is 201 g/mol. The lowest BCUT2D eigenvalue weighted by Crippen LogP contribution is -1.78. The van der Waals surface area contributed by atoms with Gasteiger partial charge in [0.15, 0.2) is 5.01 Å². The first-order valence-electron chi connectivity index (χ1n) is 3.18. The average molecular weight is 202 g/mol. The maximum atomic E-state index is 5.49. The molecular weight excluding hydrogens is 198 g/mol. The Morgan fingerprint density at radius 3 is 3.08 bits per heavy atom. The number of rotatable bonds is 2. The van der Waals surface area contributed by atoms with Crippen molar-refractivity contribution in [2.75, 3.05) is 0 Å². The van der Waals surface area contributed by atoms with Crippen LogP contribution in [0, 0.1) is 0 Å². The lowest BCUT2D eigenvalue weighted by Gasteiger charge is -1.79. The molecule has 2 heterocycles. The van der Waals surface area contributed by atoms with Gasteiger partial charge in [-0.2, -0.15) is 4.98 Å². The smallest absolute Gasteiger partial charge is 0.241 e. The van der Waals surface area contributed by atoms with Crippen LogP contribution in [-0.2, 0) is 5.88 Å². The first kappa shape index (κ1) is 7.70. The van der Waals surface area contributed by atoms with Gasteiger partial charge in [0, 0.05) is 11.6 Å². The molecule has 2 aromatic heterocycles. The largest absolute Gasteiger partial charge is 0.338 e. The zero-order chi connectivity index (χ0) is 8.39. The Labute approximate surface area is 77.2 Å². The van der Waals surface area contributed by atoms with E-state index in [0.29, 0.717) is 11.7 Å². The van der Waals surface area contributed by atoms with Gasteiger partial charge in [-0.25, -0.2) is 4.98 Å². The van der Waals surface area contributed by atoms with Crippen LogP contribution in [0.1, 0.15) is 5.89 Å². The number of alkyl halides is 1. The van der Waals surface area contributed by atoms with Gasteiger partial charge in [0.1, 0.15) is 5.88 Å². The predicted octanol–water partition coefficient (Wildman–Crippen LogP) is 1.93. The van der Waals surface area contributed by atoms with Crippen molar-refractivity contribution in [1.29, 1.82) is 0 Å². The molecule has 0 saturated heterocycles. The SMILES string of the molecule is ClCc1nc(-c2nccs2)no1. The van der Waals surface area contributed by atoms with Crippen molar-refractivity contribution in [2.24, 2.45) is 0 Å². The Hall–Kier alpha value is -0.940. The third-order valence-corrected chi connectivity index (χ3v) is 2.20. The molecule has 0 aliphatic rings. The molecule has 0 saturated carbocycles. The van der Waals surface area contributed by atoms with Crippen molar-refractivity contribution >= 4 is 22.9 Å². The number of halogens is 1. The second-order valence-corrected chi connectivity index (χ2v) is 3.14. The Kier molecular flexibility index (Phi) is 2.05. The van der Waals surface area contributed by atoms with E-state index in [-0.39, 0.29) is 5.88 Å². The molecule has 0 N–H and O–H groups in total. The molecule has 0 unspecified atom stereocenters. The van der Waals surface area contributed by atoms with E-state index < -0.39 is 0 Å². The number of hydrogen-bond donors (Lipinski definition) is 0. The second-order valence-electron chi connectivity index (χ2n) is 1.98. The Morgan fingerprint density at radius 2 is 2.50 bits per heavy atom. The Morgan fingerprint density at radius 1 is 1.58 bits per heavy atom. The van der Waals surface area contributed by atoms with E-state index in [1.54, 1.807) is 6.20 Å². The van der Waals surface area contributed by atoms with Gasteiger partial charge in [0.05, 0.1) is 0 Å². The summed E-state index contributed by atoms with van der Waals surface area (Å²) in [6.45, 7) is 0. The molecule has 0 aliphatic carbocycles. The number of nitrogens with zero attached hydrogens (tertiary/aromatic N) is 3. The van der Waals surface area contributed by atoms with E-state index in [4.69, 9.17) is 16.1 Å². The van der Waals surface area contributed by atoms with Crippen molar-refractivity contribution in [3.63, 3.8) is 0 Å². The highest BCUT2D eigenvalue weighted by atomic mass is 35.5. The highest BCUT2D eigenvalue weighted by Gasteiger charge is 2.08. The Bertz CT molecular complexity index is 359. The minimum Gasteiger partial charge on any atom is -0.338 e. The van der Waals surface area contributed by atoms with Crippen LogP contribution in [0.3, 0.4) is 0 Å². The molecule has 0 aliphatic heterocycles. The molecule has 0 bridgehead atoms. The maximum Gasteiger partial charge on any atom is 0.241 e. The van der Waals surface area contributed by atoms with Crippen molar-refractivity contribution in [3.8, 4) is 10.8 Å². The van der Waals surface area contributed by atoms with Crippen LogP contribution in [0.25, 0.3) is 10.8 Å². The lowest BCUT2D eigenvalue weighted by molar-refractivity contribution is 0.391. The molecular formula is C6H4ClN3OS. The molecule has 62 valence electrons. The molecule has 0 fully saturated rings. The maximum absolute atomic E-state index is 5.49. The van der Waals surface area contributed by atoms with Crippen LogP contribution in [0.5, 0.6) is 0 Å². The fourth-order valence-electron chi connectivity index (χ4n) is 0.730. The zero-order valence-corrected chi connectivity index (χ0v) is 7.47. The third kappa shape index (κ3) is 1.33. The summed E-state index contributed by atoms with van der Waals surface area (Å²) in [4.78, 5) is 8.03. The van der Waals surface area contributed by atoms with Gasteiger partial charge in [0.2, 0.25) is 11.7 Å². The minimum atomic E-state index is 0.234. The van der Waals surface area contributed by atoms with Crippen molar-refractivity contribution in [1.82, 2.24) is 15.1 Å². The molecule has 12 heavy (non-hydrogen) atoms. The number of aromatic nitrogens is 3. The summed E-state index contributed by atoms with van der Waals surface area (Å²) in [5.74, 6) is 1.15. The number of hydrogen-bond acceptors (Lipinski definition) is 5. The van der Waals surface area contributed by atoms with Crippen LogP contribution >= 0.6 is 22.9 Å². The summed E-state index contributed by atoms with van der Waals surface area (Å²) in [6.07, 6.45) is 1.69. The molecule has 6 heteroatoms. The van der Waals surface area contributed by atoms with Gasteiger partial charge in [-0.1, -0.05) is 5.16 Å². The average Bonchev–Trinajstić information content (AvgIpc) is 2.75. The van der Waals surface area contributed by atoms with E-state index >= 15 is 0 Å². The predicted molar refractivity (Wildman–Crippen MR) is 45.0 cm³/mol. The fraction of sp³-hybridized carbons (Fsp3) is 0.167. The van der Waals surface area contributed by atoms with E-state index in [0.717, 1.165) is 5.01 Å². The van der Waals surface area contributed by atoms with E-state index in [2.05, 4.69) is 15.1 Å². The Balaban J connectivity index is 2.35. The molecule has 0 amide bonds. The molecule has 0 spiro atoms. The lowest BCUT2D eigenvalue weighted by atomic mass is 10.6. The topological polar surface area (TPSA) is 51.8 Å². The summed E-state index contributed by atoms with van der Waals surface area (Å²) in [6, 6.07) is 0. The highest BCUT2D eigenvalue weighted by Crippen LogP contribution is 2.18. The van der Waals surface area contributed by atoms with Crippen LogP contribution < -0.4 is 0 Å². The van der Waals surface area contributed by atoms with Crippen molar-refractivity contribution in [3.05, 3.63) is 17.5 Å². The third-order valence-electron chi connectivity index (χ3n) is 1.21. The quantitative estimate of drug-likeness (QED) is 0.697. The molecule has 0 radical (unpaired) electrons. The van der Waals surface area contributed by atoms with Gasteiger partial charge in [-0.15, -0.1) is 22.9 Å². The van der Waals surface area contributed by atoms with Crippen LogP contribution in [0.4, 0.5) is 0 Å². The zero-order valence-electron chi connectivity index (χ0n) is 5.90. The molecule has 2 rings (SSSR count). The standard InChI is InChI=1S/C6H4ClN3OS/c7-3-4-9-5(10-11-4)6-8-1-2-12-6/h1-2H,3H2. The van der Waals surface area contributed by atoms with Crippen LogP contribution in [0.15, 0.2) is 16.1 Å². The van der Waals surface area contributed by atoms with Crippen molar-refractivity contribution in [2.45, 2.75) is 5.88 Å².